The number of azide groups is 2. The Morgan fingerprint density at radius 1 is 1.08 bits per heavy atom. The first-order chi connectivity index (χ1) is 11.8. The van der Waals surface area contributed by atoms with E-state index in [0.29, 0.717) is 5.69 Å². The van der Waals surface area contributed by atoms with E-state index in [9.17, 15) is 0 Å². The van der Waals surface area contributed by atoms with Crippen molar-refractivity contribution in [1.29, 1.82) is 0 Å². The van der Waals surface area contributed by atoms with Gasteiger partial charge in [0.25, 0.3) is 0 Å². The van der Waals surface area contributed by atoms with E-state index in [0.717, 1.165) is 30.5 Å². The molecule has 1 N–H and O–H groups in total. The molecule has 2 aromatic carbocycles. The Kier molecular flexibility index (Phi) is 4.99. The molecule has 1 heterocycles. The summed E-state index contributed by atoms with van der Waals surface area (Å²) in [6.45, 7) is 1.19. The van der Waals surface area contributed by atoms with Crippen molar-refractivity contribution in [3.8, 4) is 0 Å². The van der Waals surface area contributed by atoms with Crippen LogP contribution in [0.5, 0.6) is 0 Å². The van der Waals surface area contributed by atoms with Crippen molar-refractivity contribution < 1.29 is 0 Å². The lowest BCUT2D eigenvalue weighted by Crippen LogP contribution is -2.31. The van der Waals surface area contributed by atoms with Gasteiger partial charge in [0, 0.05) is 21.6 Å². The van der Waals surface area contributed by atoms with Gasteiger partial charge in [-0.3, -0.25) is 0 Å². The van der Waals surface area contributed by atoms with Crippen LogP contribution >= 0.6 is 0 Å². The Labute approximate surface area is 139 Å². The zero-order valence-electron chi connectivity index (χ0n) is 13.1. The van der Waals surface area contributed by atoms with Crippen molar-refractivity contribution in [2.75, 3.05) is 6.54 Å². The number of rotatable bonds is 5. The Morgan fingerprint density at radius 3 is 2.75 bits per heavy atom. The molecule has 0 aromatic heterocycles. The first-order valence-corrected chi connectivity index (χ1v) is 7.80. The predicted octanol–water partition coefficient (Wildman–Crippen LogP) is 4.87. The molecule has 0 bridgehead atoms. The fourth-order valence-corrected chi connectivity index (χ4v) is 3.19. The number of hydrogen-bond acceptors (Lipinski definition) is 3. The highest BCUT2D eigenvalue weighted by atomic mass is 15.1. The maximum atomic E-state index is 8.69. The highest BCUT2D eigenvalue weighted by Gasteiger charge is 2.19. The quantitative estimate of drug-likeness (QED) is 0.473. The van der Waals surface area contributed by atoms with Gasteiger partial charge in [-0.25, -0.2) is 0 Å². The van der Waals surface area contributed by atoms with Crippen molar-refractivity contribution in [3.63, 3.8) is 0 Å². The lowest BCUT2D eigenvalue weighted by atomic mass is 9.90. The highest BCUT2D eigenvalue weighted by Crippen LogP contribution is 2.28. The van der Waals surface area contributed by atoms with E-state index < -0.39 is 0 Å². The fourth-order valence-electron chi connectivity index (χ4n) is 3.19. The average Bonchev–Trinajstić information content (AvgIpc) is 2.60. The maximum Gasteiger partial charge on any atom is 0.0511 e. The summed E-state index contributed by atoms with van der Waals surface area (Å²) in [5, 5.41) is 10.8. The smallest absolute Gasteiger partial charge is 0.0511 e. The normalized spacial score (nSPS) is 15.8. The zero-order valence-corrected chi connectivity index (χ0v) is 13.1. The second kappa shape index (κ2) is 7.53. The molecule has 2 aromatic rings. The van der Waals surface area contributed by atoms with E-state index in [4.69, 9.17) is 11.1 Å². The second-order valence-electron chi connectivity index (χ2n) is 5.75. The van der Waals surface area contributed by atoms with Gasteiger partial charge in [0.05, 0.1) is 6.54 Å². The van der Waals surface area contributed by atoms with Crippen molar-refractivity contribution in [2.45, 2.75) is 25.4 Å². The van der Waals surface area contributed by atoms with Crippen LogP contribution in [0.25, 0.3) is 20.9 Å². The van der Waals surface area contributed by atoms with Gasteiger partial charge in [0.15, 0.2) is 0 Å². The molecule has 0 saturated heterocycles. The Morgan fingerprint density at radius 2 is 1.92 bits per heavy atom. The molecule has 0 radical (unpaired) electrons. The minimum absolute atomic E-state index is 0.226. The van der Waals surface area contributed by atoms with Crippen LogP contribution in [0.15, 0.2) is 52.7 Å². The van der Waals surface area contributed by atoms with E-state index in [1.165, 1.54) is 11.1 Å². The molecule has 0 amide bonds. The van der Waals surface area contributed by atoms with Crippen molar-refractivity contribution in [2.24, 2.45) is 10.2 Å². The third-order valence-electron chi connectivity index (χ3n) is 4.17. The van der Waals surface area contributed by atoms with Gasteiger partial charge < -0.3 is 5.32 Å². The van der Waals surface area contributed by atoms with Gasteiger partial charge in [0.1, 0.15) is 0 Å². The number of benzene rings is 2. The summed E-state index contributed by atoms with van der Waals surface area (Å²) >= 11 is 0. The molecule has 24 heavy (non-hydrogen) atoms. The number of nitrogens with zero attached hydrogens (tertiary/aromatic N) is 6. The summed E-state index contributed by atoms with van der Waals surface area (Å²) in [6.07, 6.45) is 1.82. The molecule has 0 spiro atoms. The van der Waals surface area contributed by atoms with E-state index in [1.54, 1.807) is 6.07 Å². The molecular weight excluding hydrogens is 302 g/mol. The molecule has 1 aliphatic heterocycles. The largest absolute Gasteiger partial charge is 0.309 e. The maximum absolute atomic E-state index is 8.69. The lowest BCUT2D eigenvalue weighted by molar-refractivity contribution is 0.502. The van der Waals surface area contributed by atoms with Crippen LogP contribution < -0.4 is 5.32 Å². The minimum atomic E-state index is 0.226. The Balaban J connectivity index is 1.90. The predicted molar refractivity (Wildman–Crippen MR) is 92.7 cm³/mol. The molecule has 120 valence electrons. The van der Waals surface area contributed by atoms with Crippen LogP contribution in [-0.2, 0) is 19.4 Å². The van der Waals surface area contributed by atoms with Crippen LogP contribution in [0, 0.1) is 0 Å². The highest BCUT2D eigenvalue weighted by molar-refractivity contribution is 5.45. The van der Waals surface area contributed by atoms with Crippen LogP contribution in [0.2, 0.25) is 0 Å². The molecule has 7 heteroatoms. The third kappa shape index (κ3) is 3.67. The summed E-state index contributed by atoms with van der Waals surface area (Å²) in [6, 6.07) is 14.3. The van der Waals surface area contributed by atoms with Gasteiger partial charge in [-0.05, 0) is 64.8 Å². The Bertz CT molecular complexity index is 833. The summed E-state index contributed by atoms with van der Waals surface area (Å²) < 4.78 is 0. The van der Waals surface area contributed by atoms with Crippen LogP contribution in [-0.4, -0.2) is 6.54 Å². The second-order valence-corrected chi connectivity index (χ2v) is 5.75. The van der Waals surface area contributed by atoms with E-state index >= 15 is 0 Å². The van der Waals surface area contributed by atoms with Gasteiger partial charge in [-0.15, -0.1) is 0 Å². The first kappa shape index (κ1) is 15.9. The third-order valence-corrected chi connectivity index (χ3v) is 4.17. The lowest BCUT2D eigenvalue weighted by Gasteiger charge is -2.27. The standard InChI is InChI=1S/C17H17N7/c18-23-21-11-13-7-12(8-15(9-13)22-24-19)10-17-16-4-2-1-3-14(16)5-6-20-17/h1-4,7-9,17,20H,5-6,10-11H2. The summed E-state index contributed by atoms with van der Waals surface area (Å²) in [5.41, 5.74) is 22.3. The van der Waals surface area contributed by atoms with Crippen LogP contribution in [0.1, 0.15) is 28.3 Å². The first-order valence-electron chi connectivity index (χ1n) is 7.80. The van der Waals surface area contributed by atoms with Crippen molar-refractivity contribution in [3.05, 3.63) is 85.6 Å². The zero-order chi connectivity index (χ0) is 16.8. The van der Waals surface area contributed by atoms with E-state index in [-0.39, 0.29) is 12.6 Å². The Hall–Kier alpha value is -2.98. The van der Waals surface area contributed by atoms with Gasteiger partial charge in [0.2, 0.25) is 0 Å². The van der Waals surface area contributed by atoms with Crippen LogP contribution in [0.3, 0.4) is 0 Å². The molecule has 0 aliphatic carbocycles. The summed E-state index contributed by atoms with van der Waals surface area (Å²) in [4.78, 5) is 5.65. The van der Waals surface area contributed by atoms with Gasteiger partial charge in [-0.2, -0.15) is 0 Å². The van der Waals surface area contributed by atoms with E-state index in [2.05, 4.69) is 49.6 Å². The van der Waals surface area contributed by atoms with Gasteiger partial charge in [-0.1, -0.05) is 40.6 Å². The molecule has 3 rings (SSSR count). The summed E-state index contributed by atoms with van der Waals surface area (Å²) in [7, 11) is 0. The molecule has 1 atom stereocenters. The van der Waals surface area contributed by atoms with Crippen LogP contribution in [0.4, 0.5) is 5.69 Å². The number of nitrogens with one attached hydrogen (secondary N) is 1. The van der Waals surface area contributed by atoms with E-state index in [1.807, 2.05) is 12.1 Å². The fraction of sp³-hybridized carbons (Fsp3) is 0.294. The monoisotopic (exact) mass is 319 g/mol. The SMILES string of the molecule is [N-]=[N+]=NCc1cc(CC2NCCc3ccccc32)cc(N=[N+]=[N-])c1. The molecule has 1 unspecified atom stereocenters. The summed E-state index contributed by atoms with van der Waals surface area (Å²) in [5.74, 6) is 0. The minimum Gasteiger partial charge on any atom is -0.309 e. The molecule has 7 nitrogen and oxygen atoms in total. The van der Waals surface area contributed by atoms with Crippen molar-refractivity contribution in [1.82, 2.24) is 5.32 Å². The molecule has 0 saturated carbocycles. The average molecular weight is 319 g/mol. The van der Waals surface area contributed by atoms with Crippen molar-refractivity contribution >= 4 is 5.69 Å². The molecule has 0 fully saturated rings. The number of hydrogen-bond donors (Lipinski definition) is 1. The molecular formula is C17H17N7. The van der Waals surface area contributed by atoms with Gasteiger partial charge >= 0.3 is 0 Å². The topological polar surface area (TPSA) is 110 Å². The molecule has 1 aliphatic rings. The number of fused-ring (bicyclic) bond motifs is 1.